The first-order chi connectivity index (χ1) is 9.52. The Kier molecular flexibility index (Phi) is 3.43. The van der Waals surface area contributed by atoms with Crippen LogP contribution in [0, 0.1) is 6.92 Å². The zero-order valence-electron chi connectivity index (χ0n) is 12.7. The maximum atomic E-state index is 3.70. The third kappa shape index (κ3) is 2.96. The summed E-state index contributed by atoms with van der Waals surface area (Å²) < 4.78 is 0. The second-order valence-corrected chi connectivity index (χ2v) is 6.71. The number of hydrogen-bond donors (Lipinski definition) is 2. The van der Waals surface area contributed by atoms with E-state index in [0.29, 0.717) is 6.04 Å². The van der Waals surface area contributed by atoms with Crippen LogP contribution in [0.15, 0.2) is 36.4 Å². The van der Waals surface area contributed by atoms with Crippen LogP contribution in [0.2, 0.25) is 0 Å². The average molecular weight is 268 g/mol. The predicted octanol–water partition coefficient (Wildman–Crippen LogP) is 4.09. The zero-order chi connectivity index (χ0) is 14.2. The molecule has 2 heteroatoms. The van der Waals surface area contributed by atoms with E-state index in [4.69, 9.17) is 0 Å². The minimum absolute atomic E-state index is 0.240. The molecule has 2 aromatic carbocycles. The zero-order valence-corrected chi connectivity index (χ0v) is 12.7. The number of aryl methyl sites for hydroxylation is 1. The number of benzene rings is 2. The van der Waals surface area contributed by atoms with Crippen LogP contribution in [-0.4, -0.2) is 18.1 Å². The summed E-state index contributed by atoms with van der Waals surface area (Å²) in [6.45, 7) is 7.80. The van der Waals surface area contributed by atoms with Crippen molar-refractivity contribution in [3.63, 3.8) is 0 Å². The van der Waals surface area contributed by atoms with E-state index in [2.05, 4.69) is 67.8 Å². The van der Waals surface area contributed by atoms with Gasteiger partial charge in [0.15, 0.2) is 0 Å². The Hall–Kier alpha value is -1.54. The maximum Gasteiger partial charge on any atom is 0.0348 e. The molecule has 20 heavy (non-hydrogen) atoms. The fourth-order valence-electron chi connectivity index (χ4n) is 3.19. The molecule has 1 aliphatic heterocycles. The van der Waals surface area contributed by atoms with Crippen molar-refractivity contribution < 1.29 is 0 Å². The standard InChI is InChI=1S/C18H24N2/c1-13-4-5-15-11-16(7-6-14(15)10-13)20-17-8-9-19-18(2,3)12-17/h4-7,10-11,17,19-20H,8-9,12H2,1-3H3. The quantitative estimate of drug-likeness (QED) is 0.857. The van der Waals surface area contributed by atoms with Crippen molar-refractivity contribution in [1.29, 1.82) is 0 Å². The van der Waals surface area contributed by atoms with Gasteiger partial charge < -0.3 is 10.6 Å². The first-order valence-corrected chi connectivity index (χ1v) is 7.54. The molecule has 1 saturated heterocycles. The van der Waals surface area contributed by atoms with Crippen molar-refractivity contribution in [3.8, 4) is 0 Å². The normalized spacial score (nSPS) is 21.9. The average Bonchev–Trinajstić information content (AvgIpc) is 2.38. The molecule has 1 aliphatic rings. The van der Waals surface area contributed by atoms with Crippen LogP contribution in [0.3, 0.4) is 0 Å². The van der Waals surface area contributed by atoms with Crippen molar-refractivity contribution in [2.75, 3.05) is 11.9 Å². The van der Waals surface area contributed by atoms with E-state index in [9.17, 15) is 0 Å². The minimum atomic E-state index is 0.240. The van der Waals surface area contributed by atoms with Crippen LogP contribution in [-0.2, 0) is 0 Å². The van der Waals surface area contributed by atoms with Crippen LogP contribution >= 0.6 is 0 Å². The summed E-state index contributed by atoms with van der Waals surface area (Å²) in [6.07, 6.45) is 2.36. The minimum Gasteiger partial charge on any atom is -0.382 e. The molecule has 0 spiro atoms. The molecule has 0 saturated carbocycles. The number of nitrogens with one attached hydrogen (secondary N) is 2. The molecule has 0 aliphatic carbocycles. The highest BCUT2D eigenvalue weighted by atomic mass is 15.0. The number of anilines is 1. The summed E-state index contributed by atoms with van der Waals surface area (Å²) in [6, 6.07) is 13.9. The Morgan fingerprint density at radius 3 is 2.65 bits per heavy atom. The first kappa shape index (κ1) is 13.4. The largest absolute Gasteiger partial charge is 0.382 e. The molecule has 0 bridgehead atoms. The molecule has 106 valence electrons. The molecule has 0 aromatic heterocycles. The van der Waals surface area contributed by atoms with Gasteiger partial charge in [0.25, 0.3) is 0 Å². The highest BCUT2D eigenvalue weighted by Crippen LogP contribution is 2.25. The predicted molar refractivity (Wildman–Crippen MR) is 87.4 cm³/mol. The van der Waals surface area contributed by atoms with Gasteiger partial charge in [-0.2, -0.15) is 0 Å². The van der Waals surface area contributed by atoms with Crippen LogP contribution in [0.5, 0.6) is 0 Å². The Balaban J connectivity index is 1.79. The monoisotopic (exact) mass is 268 g/mol. The van der Waals surface area contributed by atoms with E-state index < -0.39 is 0 Å². The molecule has 1 heterocycles. The molecule has 0 amide bonds. The molecular formula is C18H24N2. The number of hydrogen-bond acceptors (Lipinski definition) is 2. The van der Waals surface area contributed by atoms with E-state index in [1.165, 1.54) is 34.9 Å². The van der Waals surface area contributed by atoms with E-state index >= 15 is 0 Å². The molecule has 3 rings (SSSR count). The summed E-state index contributed by atoms with van der Waals surface area (Å²) in [5.41, 5.74) is 2.80. The fourth-order valence-corrected chi connectivity index (χ4v) is 3.19. The first-order valence-electron chi connectivity index (χ1n) is 7.54. The highest BCUT2D eigenvalue weighted by Gasteiger charge is 2.27. The SMILES string of the molecule is Cc1ccc2cc(NC3CCNC(C)(C)C3)ccc2c1. The Morgan fingerprint density at radius 1 is 1.10 bits per heavy atom. The van der Waals surface area contributed by atoms with Gasteiger partial charge in [0.2, 0.25) is 0 Å². The molecule has 1 unspecified atom stereocenters. The lowest BCUT2D eigenvalue weighted by Gasteiger charge is -2.37. The molecule has 1 fully saturated rings. The topological polar surface area (TPSA) is 24.1 Å². The van der Waals surface area contributed by atoms with E-state index in [1.54, 1.807) is 0 Å². The summed E-state index contributed by atoms with van der Waals surface area (Å²) in [7, 11) is 0. The molecular weight excluding hydrogens is 244 g/mol. The maximum absolute atomic E-state index is 3.70. The van der Waals surface area contributed by atoms with Gasteiger partial charge in [-0.25, -0.2) is 0 Å². The van der Waals surface area contributed by atoms with Crippen molar-refractivity contribution in [2.45, 2.75) is 45.2 Å². The molecule has 2 nitrogen and oxygen atoms in total. The summed E-state index contributed by atoms with van der Waals surface area (Å²) in [5.74, 6) is 0. The van der Waals surface area contributed by atoms with Gasteiger partial charge in [-0.15, -0.1) is 0 Å². The lowest BCUT2D eigenvalue weighted by Crippen LogP contribution is -2.49. The van der Waals surface area contributed by atoms with Crippen LogP contribution < -0.4 is 10.6 Å². The van der Waals surface area contributed by atoms with Gasteiger partial charge in [-0.3, -0.25) is 0 Å². The van der Waals surface area contributed by atoms with Gasteiger partial charge in [0, 0.05) is 17.3 Å². The van der Waals surface area contributed by atoms with Gasteiger partial charge >= 0.3 is 0 Å². The second kappa shape index (κ2) is 5.10. The lowest BCUT2D eigenvalue weighted by molar-refractivity contribution is 0.286. The van der Waals surface area contributed by atoms with Crippen molar-refractivity contribution in [1.82, 2.24) is 5.32 Å². The van der Waals surface area contributed by atoms with Crippen molar-refractivity contribution >= 4 is 16.5 Å². The molecule has 0 radical (unpaired) electrons. The molecule has 2 aromatic rings. The van der Waals surface area contributed by atoms with Crippen molar-refractivity contribution in [2.24, 2.45) is 0 Å². The van der Waals surface area contributed by atoms with Gasteiger partial charge in [-0.1, -0.05) is 29.8 Å². The summed E-state index contributed by atoms with van der Waals surface area (Å²) in [4.78, 5) is 0. The number of fused-ring (bicyclic) bond motifs is 1. The van der Waals surface area contributed by atoms with Gasteiger partial charge in [0.05, 0.1) is 0 Å². The van der Waals surface area contributed by atoms with Crippen molar-refractivity contribution in [3.05, 3.63) is 42.0 Å². The Labute approximate surface area is 121 Å². The molecule has 2 N–H and O–H groups in total. The fraction of sp³-hybridized carbons (Fsp3) is 0.444. The highest BCUT2D eigenvalue weighted by molar-refractivity contribution is 5.86. The molecule has 1 atom stereocenters. The second-order valence-electron chi connectivity index (χ2n) is 6.71. The summed E-state index contributed by atoms with van der Waals surface area (Å²) in [5, 5.41) is 9.91. The Morgan fingerprint density at radius 2 is 1.85 bits per heavy atom. The van der Waals surface area contributed by atoms with Crippen LogP contribution in [0.25, 0.3) is 10.8 Å². The van der Waals surface area contributed by atoms with Crippen LogP contribution in [0.1, 0.15) is 32.3 Å². The van der Waals surface area contributed by atoms with E-state index in [-0.39, 0.29) is 5.54 Å². The smallest absolute Gasteiger partial charge is 0.0348 e. The lowest BCUT2D eigenvalue weighted by atomic mass is 9.89. The summed E-state index contributed by atoms with van der Waals surface area (Å²) >= 11 is 0. The number of piperidine rings is 1. The third-order valence-corrected chi connectivity index (χ3v) is 4.22. The van der Waals surface area contributed by atoms with E-state index in [1.807, 2.05) is 0 Å². The number of rotatable bonds is 2. The van der Waals surface area contributed by atoms with Crippen LogP contribution in [0.4, 0.5) is 5.69 Å². The Bertz CT molecular complexity index is 616. The third-order valence-electron chi connectivity index (χ3n) is 4.22. The van der Waals surface area contributed by atoms with Gasteiger partial charge in [0.1, 0.15) is 0 Å². The van der Waals surface area contributed by atoms with E-state index in [0.717, 1.165) is 6.54 Å². The van der Waals surface area contributed by atoms with Gasteiger partial charge in [-0.05, 0) is 63.1 Å².